The van der Waals surface area contributed by atoms with Gasteiger partial charge < -0.3 is 5.32 Å². The molecule has 0 aromatic carbocycles. The van der Waals surface area contributed by atoms with E-state index in [1.165, 1.54) is 70.5 Å². The van der Waals surface area contributed by atoms with Gasteiger partial charge in [-0.05, 0) is 19.8 Å². The molecule has 134 valence electrons. The molecule has 4 nitrogen and oxygen atoms in total. The highest BCUT2D eigenvalue weighted by atomic mass is 32.2. The van der Waals surface area contributed by atoms with Gasteiger partial charge in [-0.2, -0.15) is 0 Å². The van der Waals surface area contributed by atoms with E-state index in [1.807, 2.05) is 0 Å². The van der Waals surface area contributed by atoms with Crippen LogP contribution < -0.4 is 10.0 Å². The Hall–Kier alpha value is -0.130. The molecule has 0 aliphatic carbocycles. The Bertz CT molecular complexity index is 344. The average Bonchev–Trinajstić information content (AvgIpc) is 2.44. The van der Waals surface area contributed by atoms with E-state index >= 15 is 0 Å². The van der Waals surface area contributed by atoms with Gasteiger partial charge in [-0.25, -0.2) is 13.1 Å². The van der Waals surface area contributed by atoms with Crippen molar-refractivity contribution >= 4 is 10.0 Å². The van der Waals surface area contributed by atoms with Crippen LogP contribution in [0.25, 0.3) is 0 Å². The summed E-state index contributed by atoms with van der Waals surface area (Å²) in [5, 5.41) is 3.60. The maximum atomic E-state index is 11.1. The topological polar surface area (TPSA) is 58.2 Å². The van der Waals surface area contributed by atoms with E-state index in [9.17, 15) is 8.42 Å². The lowest BCUT2D eigenvalue weighted by molar-refractivity contribution is 0.289. The molecule has 0 fully saturated rings. The molecule has 0 bridgehead atoms. The molecule has 0 aliphatic heterocycles. The highest BCUT2D eigenvalue weighted by Gasteiger charge is 2.22. The fourth-order valence-corrected chi connectivity index (χ4v) is 3.26. The normalized spacial score (nSPS) is 12.7. The van der Waals surface area contributed by atoms with E-state index in [-0.39, 0.29) is 5.54 Å². The number of unbranched alkanes of at least 4 members (excludes halogenated alkanes) is 6. The third kappa shape index (κ3) is 13.5. The predicted molar refractivity (Wildman–Crippen MR) is 96.8 cm³/mol. The molecule has 22 heavy (non-hydrogen) atoms. The minimum atomic E-state index is -3.08. The first-order chi connectivity index (χ1) is 10.3. The maximum absolute atomic E-state index is 11.1. The Kier molecular flexibility index (Phi) is 12.2. The fourth-order valence-electron chi connectivity index (χ4n) is 2.79. The van der Waals surface area contributed by atoms with Crippen LogP contribution in [0.4, 0.5) is 0 Å². The molecule has 0 spiro atoms. The molecular formula is C17H38N2O2S. The molecule has 0 aromatic heterocycles. The molecule has 0 aromatic rings. The zero-order chi connectivity index (χ0) is 16.9. The zero-order valence-electron chi connectivity index (χ0n) is 15.2. The largest absolute Gasteiger partial charge is 0.310 e. The van der Waals surface area contributed by atoms with E-state index < -0.39 is 10.0 Å². The van der Waals surface area contributed by atoms with Gasteiger partial charge in [0.05, 0.1) is 6.26 Å². The summed E-state index contributed by atoms with van der Waals surface area (Å²) >= 11 is 0. The third-order valence-electron chi connectivity index (χ3n) is 4.21. The highest BCUT2D eigenvalue weighted by molar-refractivity contribution is 7.88. The van der Waals surface area contributed by atoms with Crippen molar-refractivity contribution in [2.75, 3.05) is 19.3 Å². The summed E-state index contributed by atoms with van der Waals surface area (Å²) in [4.78, 5) is 0. The molecular weight excluding hydrogens is 296 g/mol. The molecule has 0 saturated carbocycles. The van der Waals surface area contributed by atoms with Gasteiger partial charge in [0.1, 0.15) is 0 Å². The van der Waals surface area contributed by atoms with E-state index in [2.05, 4.69) is 30.8 Å². The Morgan fingerprint density at radius 2 is 1.32 bits per heavy atom. The average molecular weight is 335 g/mol. The predicted octanol–water partition coefficient (Wildman–Crippen LogP) is 3.82. The van der Waals surface area contributed by atoms with Crippen LogP contribution in [0.15, 0.2) is 0 Å². The second-order valence-electron chi connectivity index (χ2n) is 6.78. The summed E-state index contributed by atoms with van der Waals surface area (Å²) in [7, 11) is -3.08. The highest BCUT2D eigenvalue weighted by Crippen LogP contribution is 2.22. The van der Waals surface area contributed by atoms with Crippen molar-refractivity contribution in [3.63, 3.8) is 0 Å². The molecule has 0 heterocycles. The van der Waals surface area contributed by atoms with Gasteiger partial charge in [-0.15, -0.1) is 0 Å². The van der Waals surface area contributed by atoms with Crippen molar-refractivity contribution in [2.45, 2.75) is 90.5 Å². The van der Waals surface area contributed by atoms with Gasteiger partial charge in [0, 0.05) is 18.6 Å². The molecule has 0 saturated heterocycles. The number of nitrogens with one attached hydrogen (secondary N) is 2. The Morgan fingerprint density at radius 3 is 1.73 bits per heavy atom. The van der Waals surface area contributed by atoms with Crippen molar-refractivity contribution in [2.24, 2.45) is 0 Å². The first-order valence-corrected chi connectivity index (χ1v) is 10.9. The molecule has 2 N–H and O–H groups in total. The lowest BCUT2D eigenvalue weighted by atomic mass is 9.88. The minimum absolute atomic E-state index is 0.140. The van der Waals surface area contributed by atoms with Crippen LogP contribution in [0.5, 0.6) is 0 Å². The standard InChI is InChI=1S/C17H38N2O2S/c1-5-7-9-11-13-17(3,14-12-10-8-6-2)18-15-16-19-22(4,20)21/h18-19H,5-16H2,1-4H3. The molecule has 0 aliphatic rings. The summed E-state index contributed by atoms with van der Waals surface area (Å²) in [5.74, 6) is 0. The van der Waals surface area contributed by atoms with Crippen LogP contribution in [0.2, 0.25) is 0 Å². The molecule has 0 radical (unpaired) electrons. The van der Waals surface area contributed by atoms with Crippen LogP contribution in [0, 0.1) is 0 Å². The quantitative estimate of drug-likeness (QED) is 0.448. The van der Waals surface area contributed by atoms with Crippen molar-refractivity contribution in [1.29, 1.82) is 0 Å². The van der Waals surface area contributed by atoms with Crippen LogP contribution in [0.3, 0.4) is 0 Å². The Labute approximate surface area is 138 Å². The van der Waals surface area contributed by atoms with Gasteiger partial charge in [-0.3, -0.25) is 0 Å². The van der Waals surface area contributed by atoms with Crippen LogP contribution in [0.1, 0.15) is 85.0 Å². The lowest BCUT2D eigenvalue weighted by Gasteiger charge is -2.31. The molecule has 0 unspecified atom stereocenters. The summed E-state index contributed by atoms with van der Waals surface area (Å²) in [6.07, 6.45) is 13.8. The fraction of sp³-hybridized carbons (Fsp3) is 1.00. The van der Waals surface area contributed by atoms with Crippen molar-refractivity contribution in [3.05, 3.63) is 0 Å². The number of sulfonamides is 1. The molecule has 0 atom stereocenters. The minimum Gasteiger partial charge on any atom is -0.310 e. The van der Waals surface area contributed by atoms with E-state index in [0.29, 0.717) is 13.1 Å². The summed E-state index contributed by atoms with van der Waals surface area (Å²) < 4.78 is 24.8. The van der Waals surface area contributed by atoms with Crippen LogP contribution in [-0.2, 0) is 10.0 Å². The SMILES string of the molecule is CCCCCCC(C)(CCCCCC)NCCNS(C)(=O)=O. The number of hydrogen-bond donors (Lipinski definition) is 2. The van der Waals surface area contributed by atoms with E-state index in [0.717, 1.165) is 0 Å². The molecule has 5 heteroatoms. The molecule has 0 amide bonds. The summed E-state index contributed by atoms with van der Waals surface area (Å²) in [5.41, 5.74) is 0.140. The van der Waals surface area contributed by atoms with E-state index in [1.54, 1.807) is 0 Å². The van der Waals surface area contributed by atoms with Gasteiger partial charge in [0.15, 0.2) is 0 Å². The molecule has 0 rings (SSSR count). The number of rotatable bonds is 15. The van der Waals surface area contributed by atoms with Gasteiger partial charge >= 0.3 is 0 Å². The maximum Gasteiger partial charge on any atom is 0.208 e. The summed E-state index contributed by atoms with van der Waals surface area (Å²) in [6.45, 7) is 7.94. The second kappa shape index (κ2) is 12.3. The summed E-state index contributed by atoms with van der Waals surface area (Å²) in [6, 6.07) is 0. The van der Waals surface area contributed by atoms with Crippen LogP contribution >= 0.6 is 0 Å². The van der Waals surface area contributed by atoms with Gasteiger partial charge in [-0.1, -0.05) is 65.2 Å². The first kappa shape index (κ1) is 21.9. The monoisotopic (exact) mass is 334 g/mol. The van der Waals surface area contributed by atoms with Gasteiger partial charge in [0.25, 0.3) is 0 Å². The smallest absolute Gasteiger partial charge is 0.208 e. The van der Waals surface area contributed by atoms with Crippen molar-refractivity contribution in [1.82, 2.24) is 10.0 Å². The Balaban J connectivity index is 4.18. The van der Waals surface area contributed by atoms with Crippen molar-refractivity contribution < 1.29 is 8.42 Å². The lowest BCUT2D eigenvalue weighted by Crippen LogP contribution is -2.45. The van der Waals surface area contributed by atoms with Crippen molar-refractivity contribution in [3.8, 4) is 0 Å². The van der Waals surface area contributed by atoms with Gasteiger partial charge in [0.2, 0.25) is 10.0 Å². The number of hydrogen-bond acceptors (Lipinski definition) is 3. The first-order valence-electron chi connectivity index (χ1n) is 9.02. The van der Waals surface area contributed by atoms with E-state index in [4.69, 9.17) is 0 Å². The van der Waals surface area contributed by atoms with Crippen LogP contribution in [-0.4, -0.2) is 33.3 Å². The second-order valence-corrected chi connectivity index (χ2v) is 8.61. The Morgan fingerprint density at radius 1 is 0.818 bits per heavy atom. The third-order valence-corrected chi connectivity index (χ3v) is 4.93. The zero-order valence-corrected chi connectivity index (χ0v) is 16.0.